The molecule has 0 aliphatic rings. The zero-order valence-corrected chi connectivity index (χ0v) is 13.8. The molecule has 1 aromatic heterocycles. The Labute approximate surface area is 143 Å². The van der Waals surface area contributed by atoms with E-state index in [9.17, 15) is 14.7 Å². The monoisotopic (exact) mass is 337 g/mol. The van der Waals surface area contributed by atoms with Crippen LogP contribution in [0.25, 0.3) is 16.2 Å². The number of carboxylic acids is 1. The molecule has 1 amide bonds. The van der Waals surface area contributed by atoms with Crippen molar-refractivity contribution in [3.8, 4) is 0 Å². The highest BCUT2D eigenvalue weighted by Crippen LogP contribution is 2.31. The third-order valence-electron chi connectivity index (χ3n) is 3.67. The summed E-state index contributed by atoms with van der Waals surface area (Å²) in [5.74, 6) is -1.61. The average Bonchev–Trinajstić information content (AvgIpc) is 2.91. The van der Waals surface area contributed by atoms with E-state index < -0.39 is 11.9 Å². The van der Waals surface area contributed by atoms with Gasteiger partial charge in [0.15, 0.2) is 0 Å². The van der Waals surface area contributed by atoms with E-state index in [0.29, 0.717) is 5.56 Å². The van der Waals surface area contributed by atoms with Crippen LogP contribution in [0.15, 0.2) is 60.3 Å². The Morgan fingerprint density at radius 1 is 1.04 bits per heavy atom. The van der Waals surface area contributed by atoms with Crippen LogP contribution in [-0.2, 0) is 4.79 Å². The molecule has 0 atom stereocenters. The van der Waals surface area contributed by atoms with Gasteiger partial charge in [-0.25, -0.2) is 4.79 Å². The minimum Gasteiger partial charge on any atom is -0.477 e. The van der Waals surface area contributed by atoms with Crippen molar-refractivity contribution in [2.75, 3.05) is 0 Å². The molecular formula is C19H15NO3S. The van der Waals surface area contributed by atoms with Crippen LogP contribution in [-0.4, -0.2) is 17.0 Å². The predicted octanol–water partition coefficient (Wildman–Crippen LogP) is 4.07. The number of fused-ring (bicyclic) bond motifs is 1. The van der Waals surface area contributed by atoms with Gasteiger partial charge >= 0.3 is 5.97 Å². The van der Waals surface area contributed by atoms with Crippen molar-refractivity contribution < 1.29 is 14.7 Å². The van der Waals surface area contributed by atoms with E-state index in [1.54, 1.807) is 30.3 Å². The number of carboxylic acid groups (broad SMARTS) is 1. The molecule has 4 nitrogen and oxygen atoms in total. The average molecular weight is 337 g/mol. The van der Waals surface area contributed by atoms with Crippen molar-refractivity contribution in [2.45, 2.75) is 6.92 Å². The molecule has 0 saturated carbocycles. The summed E-state index contributed by atoms with van der Waals surface area (Å²) in [6.07, 6.45) is 1.52. The highest BCUT2D eigenvalue weighted by atomic mass is 32.1. The van der Waals surface area contributed by atoms with E-state index >= 15 is 0 Å². The number of carbonyl (C=O) groups excluding carboxylic acids is 1. The maximum atomic E-state index is 12.2. The van der Waals surface area contributed by atoms with Crippen molar-refractivity contribution in [3.05, 3.63) is 76.3 Å². The molecule has 3 aromatic rings. The second-order valence-electron chi connectivity index (χ2n) is 5.27. The van der Waals surface area contributed by atoms with Crippen molar-refractivity contribution in [2.24, 2.45) is 0 Å². The summed E-state index contributed by atoms with van der Waals surface area (Å²) in [5.41, 5.74) is 1.28. The number of nitrogens with one attached hydrogen (secondary N) is 1. The SMILES string of the molecule is Cc1c(/C=C(\NC(=O)c2ccccc2)C(=O)O)sc2ccccc12. The van der Waals surface area contributed by atoms with Gasteiger partial charge in [0.2, 0.25) is 0 Å². The molecule has 24 heavy (non-hydrogen) atoms. The van der Waals surface area contributed by atoms with Gasteiger partial charge in [0.05, 0.1) is 0 Å². The fourth-order valence-corrected chi connectivity index (χ4v) is 3.55. The molecular weight excluding hydrogens is 322 g/mol. The number of hydrogen-bond donors (Lipinski definition) is 2. The number of carbonyl (C=O) groups is 2. The van der Waals surface area contributed by atoms with Crippen molar-refractivity contribution in [3.63, 3.8) is 0 Å². The van der Waals surface area contributed by atoms with Crippen LogP contribution in [0.5, 0.6) is 0 Å². The third kappa shape index (κ3) is 3.21. The maximum absolute atomic E-state index is 12.2. The third-order valence-corrected chi connectivity index (χ3v) is 4.89. The molecule has 0 unspecified atom stereocenters. The first-order valence-corrected chi connectivity index (χ1v) is 8.17. The van der Waals surface area contributed by atoms with Gasteiger partial charge in [0, 0.05) is 15.1 Å². The highest BCUT2D eigenvalue weighted by molar-refractivity contribution is 7.20. The van der Waals surface area contributed by atoms with Crippen LogP contribution in [0.1, 0.15) is 20.8 Å². The van der Waals surface area contributed by atoms with Gasteiger partial charge in [-0.2, -0.15) is 0 Å². The van der Waals surface area contributed by atoms with Gasteiger partial charge in [-0.05, 0) is 42.1 Å². The summed E-state index contributed by atoms with van der Waals surface area (Å²) in [6.45, 7) is 1.95. The lowest BCUT2D eigenvalue weighted by Crippen LogP contribution is -2.27. The van der Waals surface area contributed by atoms with E-state index in [4.69, 9.17) is 0 Å². The first kappa shape index (κ1) is 16.0. The van der Waals surface area contributed by atoms with Crippen molar-refractivity contribution in [1.29, 1.82) is 0 Å². The molecule has 0 saturated heterocycles. The minimum atomic E-state index is -1.17. The summed E-state index contributed by atoms with van der Waals surface area (Å²) in [7, 11) is 0. The van der Waals surface area contributed by atoms with Crippen molar-refractivity contribution >= 4 is 39.4 Å². The van der Waals surface area contributed by atoms with Gasteiger partial charge in [-0.3, -0.25) is 4.79 Å². The second-order valence-corrected chi connectivity index (χ2v) is 6.35. The molecule has 5 heteroatoms. The van der Waals surface area contributed by atoms with Crippen LogP contribution in [0.2, 0.25) is 0 Å². The summed E-state index contributed by atoms with van der Waals surface area (Å²) < 4.78 is 1.08. The molecule has 2 N–H and O–H groups in total. The Morgan fingerprint density at radius 3 is 2.38 bits per heavy atom. The van der Waals surface area contributed by atoms with Gasteiger partial charge in [-0.15, -0.1) is 11.3 Å². The Balaban J connectivity index is 1.95. The molecule has 1 heterocycles. The molecule has 0 aliphatic carbocycles. The molecule has 0 spiro atoms. The van der Waals surface area contributed by atoms with E-state index in [2.05, 4.69) is 5.32 Å². The number of amides is 1. The molecule has 0 radical (unpaired) electrons. The summed E-state index contributed by atoms with van der Waals surface area (Å²) in [5, 5.41) is 13.0. The van der Waals surface area contributed by atoms with Crippen molar-refractivity contribution in [1.82, 2.24) is 5.32 Å². The summed E-state index contributed by atoms with van der Waals surface area (Å²) in [4.78, 5) is 24.5. The molecule has 120 valence electrons. The van der Waals surface area contributed by atoms with E-state index in [1.807, 2.05) is 31.2 Å². The molecule has 3 rings (SSSR count). The van der Waals surface area contributed by atoms with Crippen LogP contribution in [0.4, 0.5) is 0 Å². The molecule has 2 aromatic carbocycles. The Bertz CT molecular complexity index is 942. The molecule has 0 bridgehead atoms. The van der Waals surface area contributed by atoms with Gasteiger partial charge in [-0.1, -0.05) is 36.4 Å². The largest absolute Gasteiger partial charge is 0.477 e. The Hall–Kier alpha value is -2.92. The first-order chi connectivity index (χ1) is 11.6. The van der Waals surface area contributed by atoms with Crippen LogP contribution in [0, 0.1) is 6.92 Å². The van der Waals surface area contributed by atoms with E-state index in [1.165, 1.54) is 17.4 Å². The quantitative estimate of drug-likeness (QED) is 0.705. The maximum Gasteiger partial charge on any atom is 0.352 e. The first-order valence-electron chi connectivity index (χ1n) is 7.36. The lowest BCUT2D eigenvalue weighted by atomic mass is 10.1. The lowest BCUT2D eigenvalue weighted by molar-refractivity contribution is -0.132. The number of thiophene rings is 1. The number of rotatable bonds is 4. The lowest BCUT2D eigenvalue weighted by Gasteiger charge is -2.06. The zero-order chi connectivity index (χ0) is 17.1. The predicted molar refractivity (Wildman–Crippen MR) is 96.1 cm³/mol. The van der Waals surface area contributed by atoms with Crippen LogP contribution < -0.4 is 5.32 Å². The topological polar surface area (TPSA) is 66.4 Å². The van der Waals surface area contributed by atoms with E-state index in [0.717, 1.165) is 20.5 Å². The molecule has 0 fully saturated rings. The van der Waals surface area contributed by atoms with Crippen LogP contribution >= 0.6 is 11.3 Å². The van der Waals surface area contributed by atoms with Crippen LogP contribution in [0.3, 0.4) is 0 Å². The molecule has 0 aliphatic heterocycles. The minimum absolute atomic E-state index is 0.140. The summed E-state index contributed by atoms with van der Waals surface area (Å²) in [6, 6.07) is 16.4. The van der Waals surface area contributed by atoms with E-state index in [-0.39, 0.29) is 5.70 Å². The second kappa shape index (κ2) is 6.68. The van der Waals surface area contributed by atoms with Gasteiger partial charge in [0.1, 0.15) is 5.70 Å². The Kier molecular flexibility index (Phi) is 4.44. The van der Waals surface area contributed by atoms with Gasteiger partial charge in [0.25, 0.3) is 5.91 Å². The standard InChI is InChI=1S/C19H15NO3S/c1-12-14-9-5-6-10-16(14)24-17(12)11-15(19(22)23)20-18(21)13-7-3-2-4-8-13/h2-11H,1H3,(H,20,21)(H,22,23)/b15-11-. The van der Waals surface area contributed by atoms with Gasteiger partial charge < -0.3 is 10.4 Å². The number of aliphatic carboxylic acids is 1. The Morgan fingerprint density at radius 2 is 1.71 bits per heavy atom. The normalized spacial score (nSPS) is 11.5. The fourth-order valence-electron chi connectivity index (χ4n) is 2.40. The number of hydrogen-bond acceptors (Lipinski definition) is 3. The highest BCUT2D eigenvalue weighted by Gasteiger charge is 2.15. The number of benzene rings is 2. The zero-order valence-electron chi connectivity index (χ0n) is 12.9. The smallest absolute Gasteiger partial charge is 0.352 e. The fraction of sp³-hybridized carbons (Fsp3) is 0.0526. The number of aryl methyl sites for hydroxylation is 1. The summed E-state index contributed by atoms with van der Waals surface area (Å²) >= 11 is 1.50.